The van der Waals surface area contributed by atoms with Crippen LogP contribution in [-0.4, -0.2) is 20.1 Å². The van der Waals surface area contributed by atoms with Gasteiger partial charge in [-0.1, -0.05) is 6.07 Å². The van der Waals surface area contributed by atoms with Gasteiger partial charge in [0.2, 0.25) is 5.76 Å². The molecule has 2 aromatic carbocycles. The standard InChI is InChI=1S/C19H14F3NO5/c1-26-14-4-3-5-15(27-2)17(14)18(25)23-10-6-7-13-11(8-10)12(24)9-16(28-13)19(20,21)22/h3-9H,1-2H3,(H,23,25). The summed E-state index contributed by atoms with van der Waals surface area (Å²) in [6.07, 6.45) is -4.78. The molecule has 0 spiro atoms. The number of hydrogen-bond acceptors (Lipinski definition) is 5. The van der Waals surface area contributed by atoms with E-state index < -0.39 is 23.3 Å². The Hall–Kier alpha value is -3.49. The molecule has 146 valence electrons. The lowest BCUT2D eigenvalue weighted by Crippen LogP contribution is -2.15. The molecule has 0 atom stereocenters. The van der Waals surface area contributed by atoms with Crippen molar-refractivity contribution < 1.29 is 31.9 Å². The molecule has 0 fully saturated rings. The lowest BCUT2D eigenvalue weighted by molar-refractivity contribution is -0.152. The van der Waals surface area contributed by atoms with Crippen LogP contribution in [-0.2, 0) is 6.18 Å². The topological polar surface area (TPSA) is 77.8 Å². The highest BCUT2D eigenvalue weighted by Gasteiger charge is 2.35. The highest BCUT2D eigenvalue weighted by atomic mass is 19.4. The second-order valence-corrected chi connectivity index (χ2v) is 5.68. The Balaban J connectivity index is 1.99. The van der Waals surface area contributed by atoms with Gasteiger partial charge in [-0.15, -0.1) is 0 Å². The maximum absolute atomic E-state index is 12.8. The zero-order valence-electron chi connectivity index (χ0n) is 14.7. The SMILES string of the molecule is COc1cccc(OC)c1C(=O)Nc1ccc2oc(C(F)(F)F)cc(=O)c2c1. The van der Waals surface area contributed by atoms with Crippen molar-refractivity contribution in [3.05, 3.63) is 64.0 Å². The number of amides is 1. The second-order valence-electron chi connectivity index (χ2n) is 5.68. The fourth-order valence-corrected chi connectivity index (χ4v) is 2.64. The molecule has 0 bridgehead atoms. The minimum Gasteiger partial charge on any atom is -0.496 e. The van der Waals surface area contributed by atoms with Gasteiger partial charge in [-0.05, 0) is 30.3 Å². The zero-order chi connectivity index (χ0) is 20.5. The van der Waals surface area contributed by atoms with Crippen LogP contribution in [0, 0.1) is 0 Å². The number of anilines is 1. The van der Waals surface area contributed by atoms with Crippen LogP contribution in [0.3, 0.4) is 0 Å². The molecule has 3 aromatic rings. The van der Waals surface area contributed by atoms with Crippen LogP contribution in [0.5, 0.6) is 11.5 Å². The highest BCUT2D eigenvalue weighted by molar-refractivity contribution is 6.08. The summed E-state index contributed by atoms with van der Waals surface area (Å²) in [6, 6.07) is 8.91. The first-order valence-corrected chi connectivity index (χ1v) is 7.92. The largest absolute Gasteiger partial charge is 0.496 e. The summed E-state index contributed by atoms with van der Waals surface area (Å²) in [5.74, 6) is -1.43. The van der Waals surface area contributed by atoms with Gasteiger partial charge in [-0.2, -0.15) is 13.2 Å². The summed E-state index contributed by atoms with van der Waals surface area (Å²) in [6.45, 7) is 0. The number of alkyl halides is 3. The van der Waals surface area contributed by atoms with Crippen LogP contribution in [0.2, 0.25) is 0 Å². The fraction of sp³-hybridized carbons (Fsp3) is 0.158. The molecule has 1 aromatic heterocycles. The smallest absolute Gasteiger partial charge is 0.449 e. The van der Waals surface area contributed by atoms with Gasteiger partial charge in [-0.25, -0.2) is 0 Å². The molecule has 0 radical (unpaired) electrons. The minimum absolute atomic E-state index is 0.0993. The highest BCUT2D eigenvalue weighted by Crippen LogP contribution is 2.31. The molecular weight excluding hydrogens is 379 g/mol. The number of ether oxygens (including phenoxy) is 2. The van der Waals surface area contributed by atoms with Crippen molar-refractivity contribution >= 4 is 22.6 Å². The predicted octanol–water partition coefficient (Wildman–Crippen LogP) is 4.08. The summed E-state index contributed by atoms with van der Waals surface area (Å²) in [5.41, 5.74) is -0.795. The van der Waals surface area contributed by atoms with E-state index in [4.69, 9.17) is 13.9 Å². The first kappa shape index (κ1) is 19.3. The number of carbonyl (C=O) groups is 1. The average Bonchev–Trinajstić information content (AvgIpc) is 2.66. The van der Waals surface area contributed by atoms with E-state index in [-0.39, 0.29) is 33.7 Å². The number of methoxy groups -OCH3 is 2. The van der Waals surface area contributed by atoms with Crippen molar-refractivity contribution in [3.8, 4) is 11.5 Å². The van der Waals surface area contributed by atoms with Crippen LogP contribution in [0.1, 0.15) is 16.1 Å². The van der Waals surface area contributed by atoms with E-state index in [0.29, 0.717) is 6.07 Å². The lowest BCUT2D eigenvalue weighted by Gasteiger charge is -2.13. The third-order valence-corrected chi connectivity index (χ3v) is 3.92. The molecule has 1 amide bonds. The molecule has 9 heteroatoms. The number of rotatable bonds is 4. The zero-order valence-corrected chi connectivity index (χ0v) is 14.7. The molecule has 28 heavy (non-hydrogen) atoms. The van der Waals surface area contributed by atoms with E-state index in [1.165, 1.54) is 32.4 Å². The summed E-state index contributed by atoms with van der Waals surface area (Å²) in [4.78, 5) is 24.7. The third-order valence-electron chi connectivity index (χ3n) is 3.92. The summed E-state index contributed by atoms with van der Waals surface area (Å²) in [5, 5.41) is 2.47. The molecule has 0 saturated heterocycles. The molecule has 0 aliphatic heterocycles. The number of benzene rings is 2. The molecule has 0 aliphatic carbocycles. The second kappa shape index (κ2) is 7.26. The minimum atomic E-state index is -4.78. The van der Waals surface area contributed by atoms with Crippen LogP contribution < -0.4 is 20.2 Å². The van der Waals surface area contributed by atoms with Gasteiger partial charge < -0.3 is 19.2 Å². The van der Waals surface area contributed by atoms with E-state index in [1.54, 1.807) is 18.2 Å². The van der Waals surface area contributed by atoms with E-state index in [1.807, 2.05) is 0 Å². The molecule has 1 heterocycles. The number of hydrogen-bond donors (Lipinski definition) is 1. The first-order chi connectivity index (χ1) is 13.2. The molecular formula is C19H14F3NO5. The van der Waals surface area contributed by atoms with E-state index >= 15 is 0 Å². The number of nitrogens with one attached hydrogen (secondary N) is 1. The fourth-order valence-electron chi connectivity index (χ4n) is 2.64. The van der Waals surface area contributed by atoms with Crippen LogP contribution >= 0.6 is 0 Å². The van der Waals surface area contributed by atoms with E-state index in [9.17, 15) is 22.8 Å². The number of halogens is 3. The summed E-state index contributed by atoms with van der Waals surface area (Å²) in [7, 11) is 2.79. The Labute approximate surface area is 156 Å². The summed E-state index contributed by atoms with van der Waals surface area (Å²) < 4.78 is 53.4. The maximum Gasteiger partial charge on any atom is 0.449 e. The van der Waals surface area contributed by atoms with Crippen molar-refractivity contribution in [3.63, 3.8) is 0 Å². The Bertz CT molecular complexity index is 1080. The van der Waals surface area contributed by atoms with Crippen molar-refractivity contribution in [2.75, 3.05) is 19.5 Å². The van der Waals surface area contributed by atoms with Crippen molar-refractivity contribution in [1.29, 1.82) is 0 Å². The number of fused-ring (bicyclic) bond motifs is 1. The van der Waals surface area contributed by atoms with E-state index in [2.05, 4.69) is 5.32 Å². The van der Waals surface area contributed by atoms with Gasteiger partial charge in [0.1, 0.15) is 22.6 Å². The third kappa shape index (κ3) is 3.64. The monoisotopic (exact) mass is 393 g/mol. The Morgan fingerprint density at radius 2 is 1.68 bits per heavy atom. The Morgan fingerprint density at radius 3 is 2.25 bits per heavy atom. The van der Waals surface area contributed by atoms with Crippen LogP contribution in [0.15, 0.2) is 51.7 Å². The Morgan fingerprint density at radius 1 is 1.04 bits per heavy atom. The molecule has 3 rings (SSSR count). The lowest BCUT2D eigenvalue weighted by atomic mass is 10.1. The molecule has 0 aliphatic rings. The predicted molar refractivity (Wildman–Crippen MR) is 95.0 cm³/mol. The van der Waals surface area contributed by atoms with Crippen molar-refractivity contribution in [2.24, 2.45) is 0 Å². The normalized spacial score (nSPS) is 11.3. The van der Waals surface area contributed by atoms with Gasteiger partial charge in [0, 0.05) is 11.8 Å². The average molecular weight is 393 g/mol. The van der Waals surface area contributed by atoms with Crippen LogP contribution in [0.25, 0.3) is 11.0 Å². The van der Waals surface area contributed by atoms with Gasteiger partial charge in [0.25, 0.3) is 5.91 Å². The van der Waals surface area contributed by atoms with Gasteiger partial charge >= 0.3 is 6.18 Å². The van der Waals surface area contributed by atoms with Crippen LogP contribution in [0.4, 0.5) is 18.9 Å². The first-order valence-electron chi connectivity index (χ1n) is 7.92. The van der Waals surface area contributed by atoms with Crippen molar-refractivity contribution in [2.45, 2.75) is 6.18 Å². The molecule has 6 nitrogen and oxygen atoms in total. The molecule has 1 N–H and O–H groups in total. The quantitative estimate of drug-likeness (QED) is 0.723. The Kier molecular flexibility index (Phi) is 5.00. The maximum atomic E-state index is 12.8. The molecule has 0 unspecified atom stereocenters. The molecule has 0 saturated carbocycles. The van der Waals surface area contributed by atoms with Gasteiger partial charge in [0.15, 0.2) is 5.43 Å². The number of carbonyl (C=O) groups excluding carboxylic acids is 1. The van der Waals surface area contributed by atoms with Gasteiger partial charge in [0.05, 0.1) is 19.6 Å². The van der Waals surface area contributed by atoms with E-state index in [0.717, 1.165) is 0 Å². The van der Waals surface area contributed by atoms with Crippen molar-refractivity contribution in [1.82, 2.24) is 0 Å². The van der Waals surface area contributed by atoms with Gasteiger partial charge in [-0.3, -0.25) is 9.59 Å². The summed E-state index contributed by atoms with van der Waals surface area (Å²) >= 11 is 0.